The molecule has 0 aliphatic carbocycles. The Morgan fingerprint density at radius 3 is 1.45 bits per heavy atom. The maximum Gasteiger partial charge on any atom is 0.308 e. The van der Waals surface area contributed by atoms with Gasteiger partial charge in [0.15, 0.2) is 0 Å². The molecule has 3 heteroatoms. The number of rotatable bonds is 25. The first-order valence-corrected chi connectivity index (χ1v) is 14.0. The van der Waals surface area contributed by atoms with Gasteiger partial charge in [-0.15, -0.1) is 0 Å². The molecule has 1 unspecified atom stereocenters. The SMILES string of the molecule is CCCCCCCCC(CCCCCC)C(=O)OCCCCCCCCCCCCO. The summed E-state index contributed by atoms with van der Waals surface area (Å²) in [7, 11) is 0. The van der Waals surface area contributed by atoms with Crippen LogP contribution in [-0.4, -0.2) is 24.3 Å². The van der Waals surface area contributed by atoms with Crippen molar-refractivity contribution in [3.63, 3.8) is 0 Å². The molecule has 0 radical (unpaired) electrons. The summed E-state index contributed by atoms with van der Waals surface area (Å²) < 4.78 is 5.68. The minimum atomic E-state index is 0.0768. The highest BCUT2D eigenvalue weighted by Gasteiger charge is 2.19. The lowest BCUT2D eigenvalue weighted by Crippen LogP contribution is -2.18. The zero-order valence-electron chi connectivity index (χ0n) is 21.3. The van der Waals surface area contributed by atoms with Gasteiger partial charge < -0.3 is 9.84 Å². The van der Waals surface area contributed by atoms with Crippen molar-refractivity contribution in [3.05, 3.63) is 0 Å². The maximum atomic E-state index is 12.6. The molecule has 1 N–H and O–H groups in total. The van der Waals surface area contributed by atoms with E-state index in [-0.39, 0.29) is 11.9 Å². The molecule has 0 aliphatic heterocycles. The Bertz CT molecular complexity index is 356. The third kappa shape index (κ3) is 22.4. The monoisotopic (exact) mass is 440 g/mol. The van der Waals surface area contributed by atoms with Crippen LogP contribution in [-0.2, 0) is 9.53 Å². The number of carbonyl (C=O) groups excluding carboxylic acids is 1. The Hall–Kier alpha value is -0.570. The van der Waals surface area contributed by atoms with Gasteiger partial charge in [-0.3, -0.25) is 4.79 Å². The van der Waals surface area contributed by atoms with Crippen molar-refractivity contribution in [3.8, 4) is 0 Å². The molecule has 1 atom stereocenters. The number of hydrogen-bond acceptors (Lipinski definition) is 3. The minimum Gasteiger partial charge on any atom is -0.465 e. The molecule has 0 aromatic carbocycles. The molecule has 0 bridgehead atoms. The van der Waals surface area contributed by atoms with Gasteiger partial charge in [0.1, 0.15) is 0 Å². The quantitative estimate of drug-likeness (QED) is 0.114. The van der Waals surface area contributed by atoms with Crippen LogP contribution in [0, 0.1) is 5.92 Å². The first-order valence-electron chi connectivity index (χ1n) is 14.0. The zero-order chi connectivity index (χ0) is 22.8. The van der Waals surface area contributed by atoms with Gasteiger partial charge in [0, 0.05) is 6.61 Å². The molecule has 31 heavy (non-hydrogen) atoms. The van der Waals surface area contributed by atoms with E-state index in [1.54, 1.807) is 0 Å². The summed E-state index contributed by atoms with van der Waals surface area (Å²) in [5.41, 5.74) is 0. The van der Waals surface area contributed by atoms with Crippen molar-refractivity contribution in [1.82, 2.24) is 0 Å². The molecule has 0 aromatic heterocycles. The van der Waals surface area contributed by atoms with Gasteiger partial charge in [0.25, 0.3) is 0 Å². The van der Waals surface area contributed by atoms with Crippen LogP contribution in [0.15, 0.2) is 0 Å². The van der Waals surface area contributed by atoms with Crippen molar-refractivity contribution in [1.29, 1.82) is 0 Å². The van der Waals surface area contributed by atoms with Crippen molar-refractivity contribution < 1.29 is 14.6 Å². The second kappa shape index (κ2) is 25.7. The Kier molecular flexibility index (Phi) is 25.2. The van der Waals surface area contributed by atoms with Gasteiger partial charge in [-0.05, 0) is 25.7 Å². The number of aliphatic hydroxyl groups is 1. The van der Waals surface area contributed by atoms with E-state index in [1.165, 1.54) is 116 Å². The highest BCUT2D eigenvalue weighted by atomic mass is 16.5. The van der Waals surface area contributed by atoms with Gasteiger partial charge in [-0.2, -0.15) is 0 Å². The highest BCUT2D eigenvalue weighted by molar-refractivity contribution is 5.72. The fourth-order valence-electron chi connectivity index (χ4n) is 4.29. The van der Waals surface area contributed by atoms with Gasteiger partial charge in [0.2, 0.25) is 0 Å². The number of ether oxygens (including phenoxy) is 1. The Labute approximate surface area is 195 Å². The fraction of sp³-hybridized carbons (Fsp3) is 0.964. The van der Waals surface area contributed by atoms with Crippen LogP contribution in [0.4, 0.5) is 0 Å². The summed E-state index contributed by atoms with van der Waals surface area (Å²) in [6.45, 7) is 5.44. The molecular weight excluding hydrogens is 384 g/mol. The van der Waals surface area contributed by atoms with Crippen LogP contribution in [0.3, 0.4) is 0 Å². The Balaban J connectivity index is 3.80. The zero-order valence-corrected chi connectivity index (χ0v) is 21.3. The molecule has 0 spiro atoms. The van der Waals surface area contributed by atoms with Crippen LogP contribution in [0.1, 0.15) is 155 Å². The summed E-state index contributed by atoms with van der Waals surface area (Å²) in [5, 5.41) is 8.78. The molecule has 0 saturated heterocycles. The van der Waals surface area contributed by atoms with Crippen LogP contribution >= 0.6 is 0 Å². The Morgan fingerprint density at radius 1 is 0.581 bits per heavy atom. The minimum absolute atomic E-state index is 0.0768. The van der Waals surface area contributed by atoms with E-state index < -0.39 is 0 Å². The van der Waals surface area contributed by atoms with Gasteiger partial charge in [-0.25, -0.2) is 0 Å². The number of carbonyl (C=O) groups is 1. The number of hydrogen-bond donors (Lipinski definition) is 1. The molecule has 0 saturated carbocycles. The smallest absolute Gasteiger partial charge is 0.308 e. The normalized spacial score (nSPS) is 12.2. The highest BCUT2D eigenvalue weighted by Crippen LogP contribution is 2.21. The first-order chi connectivity index (χ1) is 15.3. The van der Waals surface area contributed by atoms with E-state index >= 15 is 0 Å². The number of unbranched alkanes of at least 4 members (excludes halogenated alkanes) is 17. The molecule has 0 heterocycles. The molecule has 186 valence electrons. The van der Waals surface area contributed by atoms with E-state index in [0.29, 0.717) is 13.2 Å². The average molecular weight is 441 g/mol. The molecule has 0 aliphatic rings. The molecule has 0 rings (SSSR count). The van der Waals surface area contributed by atoms with E-state index in [0.717, 1.165) is 25.7 Å². The summed E-state index contributed by atoms with van der Waals surface area (Å²) in [5.74, 6) is 0.210. The molecule has 0 amide bonds. The van der Waals surface area contributed by atoms with Crippen molar-refractivity contribution in [2.24, 2.45) is 5.92 Å². The standard InChI is InChI=1S/C28H56O3/c1-3-5-7-9-16-20-24-27(23-19-8-6-4-2)28(30)31-26-22-18-15-13-11-10-12-14-17-21-25-29/h27,29H,3-26H2,1-2H3. The maximum absolute atomic E-state index is 12.6. The van der Waals surface area contributed by atoms with Crippen molar-refractivity contribution in [2.75, 3.05) is 13.2 Å². The summed E-state index contributed by atoms with van der Waals surface area (Å²) in [4.78, 5) is 12.6. The lowest BCUT2D eigenvalue weighted by atomic mass is 9.94. The average Bonchev–Trinajstić information content (AvgIpc) is 2.78. The molecule has 0 aromatic rings. The topological polar surface area (TPSA) is 46.5 Å². The largest absolute Gasteiger partial charge is 0.465 e. The number of aliphatic hydroxyl groups excluding tert-OH is 1. The lowest BCUT2D eigenvalue weighted by Gasteiger charge is -2.16. The number of esters is 1. The second-order valence-corrected chi connectivity index (χ2v) is 9.53. The molecule has 0 fully saturated rings. The van der Waals surface area contributed by atoms with Crippen LogP contribution in [0.5, 0.6) is 0 Å². The van der Waals surface area contributed by atoms with Crippen LogP contribution in [0.2, 0.25) is 0 Å². The van der Waals surface area contributed by atoms with E-state index in [1.807, 2.05) is 0 Å². The lowest BCUT2D eigenvalue weighted by molar-refractivity contribution is -0.149. The Morgan fingerprint density at radius 2 is 0.968 bits per heavy atom. The molecular formula is C28H56O3. The first kappa shape index (κ1) is 30.4. The van der Waals surface area contributed by atoms with E-state index in [9.17, 15) is 4.79 Å². The van der Waals surface area contributed by atoms with Crippen molar-refractivity contribution >= 4 is 5.97 Å². The third-order valence-electron chi connectivity index (χ3n) is 6.44. The van der Waals surface area contributed by atoms with Crippen LogP contribution < -0.4 is 0 Å². The fourth-order valence-corrected chi connectivity index (χ4v) is 4.29. The summed E-state index contributed by atoms with van der Waals surface area (Å²) in [6.07, 6.45) is 26.8. The predicted molar refractivity (Wildman–Crippen MR) is 134 cm³/mol. The van der Waals surface area contributed by atoms with Gasteiger partial charge in [0.05, 0.1) is 12.5 Å². The van der Waals surface area contributed by atoms with Crippen molar-refractivity contribution in [2.45, 2.75) is 155 Å². The van der Waals surface area contributed by atoms with Gasteiger partial charge in [-0.1, -0.05) is 129 Å². The van der Waals surface area contributed by atoms with Gasteiger partial charge >= 0.3 is 5.97 Å². The van der Waals surface area contributed by atoms with E-state index in [2.05, 4.69) is 13.8 Å². The summed E-state index contributed by atoms with van der Waals surface area (Å²) >= 11 is 0. The van der Waals surface area contributed by atoms with E-state index in [4.69, 9.17) is 9.84 Å². The third-order valence-corrected chi connectivity index (χ3v) is 6.44. The predicted octanol–water partition coefficient (Wildman–Crippen LogP) is 8.76. The van der Waals surface area contributed by atoms with Crippen LogP contribution in [0.25, 0.3) is 0 Å². The summed E-state index contributed by atoms with van der Waals surface area (Å²) in [6, 6.07) is 0. The molecule has 3 nitrogen and oxygen atoms in total. The second-order valence-electron chi connectivity index (χ2n) is 9.53.